The molecular formula is C22H25NO4. The highest BCUT2D eigenvalue weighted by Gasteiger charge is 2.79. The van der Waals surface area contributed by atoms with Crippen molar-refractivity contribution in [2.75, 3.05) is 20.7 Å². The van der Waals surface area contributed by atoms with Gasteiger partial charge in [-0.2, -0.15) is 0 Å². The Hall–Kier alpha value is -1.85. The van der Waals surface area contributed by atoms with Crippen LogP contribution in [0.3, 0.4) is 0 Å². The first-order valence-corrected chi connectivity index (χ1v) is 9.89. The molecule has 6 atom stereocenters. The van der Waals surface area contributed by atoms with Gasteiger partial charge in [0.25, 0.3) is 0 Å². The topological polar surface area (TPSA) is 59.0 Å². The number of likely N-dealkylation sites (tertiary alicyclic amines) is 1. The summed E-state index contributed by atoms with van der Waals surface area (Å²) in [4.78, 5) is 15.2. The lowest BCUT2D eigenvalue weighted by Crippen LogP contribution is -2.79. The van der Waals surface area contributed by atoms with Crippen LogP contribution in [0.2, 0.25) is 0 Å². The molecule has 1 aromatic rings. The summed E-state index contributed by atoms with van der Waals surface area (Å²) in [5.41, 5.74) is 1.30. The highest BCUT2D eigenvalue weighted by Crippen LogP contribution is 2.74. The minimum atomic E-state index is -0.770. The average molecular weight is 367 g/mol. The van der Waals surface area contributed by atoms with Crippen LogP contribution in [-0.2, 0) is 21.4 Å². The molecule has 2 fully saturated rings. The number of phenols is 1. The molecule has 0 aromatic heterocycles. The van der Waals surface area contributed by atoms with Crippen LogP contribution >= 0.6 is 0 Å². The first kappa shape index (κ1) is 16.1. The number of hydrogen-bond acceptors (Lipinski definition) is 5. The monoisotopic (exact) mass is 367 g/mol. The van der Waals surface area contributed by atoms with Gasteiger partial charge in [0, 0.05) is 24.1 Å². The van der Waals surface area contributed by atoms with Gasteiger partial charge in [-0.1, -0.05) is 18.2 Å². The van der Waals surface area contributed by atoms with Crippen molar-refractivity contribution in [1.29, 1.82) is 0 Å². The van der Waals surface area contributed by atoms with Gasteiger partial charge >= 0.3 is 0 Å². The van der Waals surface area contributed by atoms with Crippen molar-refractivity contribution in [2.24, 2.45) is 11.3 Å². The number of Topliss-reactive ketones (excluding diaryl/α,β-unsaturated/α-hetero) is 1. The fourth-order valence-electron chi connectivity index (χ4n) is 7.52. The molecule has 1 saturated heterocycles. The Balaban J connectivity index is 1.73. The number of nitrogens with zero attached hydrogens (tertiary/aromatic N) is 1. The maximum absolute atomic E-state index is 12.7. The van der Waals surface area contributed by atoms with Gasteiger partial charge < -0.3 is 19.5 Å². The Morgan fingerprint density at radius 1 is 1.37 bits per heavy atom. The van der Waals surface area contributed by atoms with E-state index < -0.39 is 5.60 Å². The number of hydrogen-bond donors (Lipinski definition) is 1. The van der Waals surface area contributed by atoms with E-state index in [0.717, 1.165) is 25.8 Å². The van der Waals surface area contributed by atoms with Crippen LogP contribution in [0.5, 0.6) is 11.5 Å². The lowest BCUT2D eigenvalue weighted by Gasteiger charge is -2.70. The zero-order valence-corrected chi connectivity index (χ0v) is 16.0. The van der Waals surface area contributed by atoms with E-state index in [1.54, 1.807) is 20.1 Å². The van der Waals surface area contributed by atoms with Crippen LogP contribution in [0.15, 0.2) is 24.3 Å². The van der Waals surface area contributed by atoms with Crippen molar-refractivity contribution in [2.45, 2.75) is 49.3 Å². The Bertz CT molecular complexity index is 925. The maximum Gasteiger partial charge on any atom is 0.165 e. The highest BCUT2D eigenvalue weighted by atomic mass is 16.6. The molecule has 0 unspecified atom stereocenters. The Morgan fingerprint density at radius 3 is 2.93 bits per heavy atom. The van der Waals surface area contributed by atoms with Gasteiger partial charge in [-0.15, -0.1) is 0 Å². The van der Waals surface area contributed by atoms with Crippen LogP contribution in [0, 0.1) is 11.3 Å². The Kier molecular flexibility index (Phi) is 2.74. The third kappa shape index (κ3) is 1.43. The summed E-state index contributed by atoms with van der Waals surface area (Å²) >= 11 is 0. The second-order valence-electron chi connectivity index (χ2n) is 9.17. The summed E-state index contributed by atoms with van der Waals surface area (Å²) in [5.74, 6) is 0.762. The van der Waals surface area contributed by atoms with Gasteiger partial charge in [0.15, 0.2) is 11.5 Å². The van der Waals surface area contributed by atoms with Crippen LogP contribution in [0.4, 0.5) is 0 Å². The molecule has 2 spiro atoms. The number of methoxy groups -OCH3 is 1. The van der Waals surface area contributed by atoms with E-state index in [-0.39, 0.29) is 34.4 Å². The lowest BCUT2D eigenvalue weighted by atomic mass is 9.37. The van der Waals surface area contributed by atoms with Gasteiger partial charge in [-0.3, -0.25) is 4.79 Å². The molecular weight excluding hydrogens is 342 g/mol. The van der Waals surface area contributed by atoms with Gasteiger partial charge in [-0.05, 0) is 51.4 Å². The molecule has 27 heavy (non-hydrogen) atoms. The summed E-state index contributed by atoms with van der Waals surface area (Å²) in [6.45, 7) is 2.66. The van der Waals surface area contributed by atoms with Crippen LogP contribution in [0.1, 0.15) is 30.9 Å². The molecule has 4 aliphatic carbocycles. The summed E-state index contributed by atoms with van der Waals surface area (Å²) in [5, 5.41) is 10.6. The normalized spacial score (nSPS) is 45.5. The second kappa shape index (κ2) is 4.58. The summed E-state index contributed by atoms with van der Waals surface area (Å²) in [6, 6.07) is 4.15. The fraction of sp³-hybridized carbons (Fsp3) is 0.591. The number of carbonyl (C=O) groups excluding carboxylic acids is 1. The zero-order valence-electron chi connectivity index (χ0n) is 16.0. The molecule has 6 aliphatic rings. The number of fused-ring (bicyclic) bond motifs is 1. The number of likely N-dealkylation sites (N-methyl/N-ethyl adjacent to an activating group) is 1. The van der Waals surface area contributed by atoms with E-state index in [0.29, 0.717) is 11.8 Å². The van der Waals surface area contributed by atoms with Crippen molar-refractivity contribution in [3.8, 4) is 11.5 Å². The van der Waals surface area contributed by atoms with Crippen LogP contribution in [0.25, 0.3) is 0 Å². The van der Waals surface area contributed by atoms with Crippen LogP contribution in [-0.4, -0.2) is 54.2 Å². The molecule has 2 heterocycles. The SMILES string of the molecule is CO[C@@]12C=C[C@@]3(C[C@@H]1C(C)=O)[C@H]1Cc4ccc(O)c5c4[C@@]3(CCN1C)[C@H]2O5. The van der Waals surface area contributed by atoms with Crippen molar-refractivity contribution in [3.05, 3.63) is 35.4 Å². The molecule has 1 N–H and O–H groups in total. The van der Waals surface area contributed by atoms with Gasteiger partial charge in [-0.25, -0.2) is 0 Å². The van der Waals surface area contributed by atoms with Gasteiger partial charge in [0.1, 0.15) is 17.5 Å². The molecule has 1 saturated carbocycles. The maximum atomic E-state index is 12.7. The first-order valence-electron chi connectivity index (χ1n) is 9.89. The van der Waals surface area contributed by atoms with E-state index in [9.17, 15) is 9.90 Å². The van der Waals surface area contributed by atoms with Crippen LogP contribution < -0.4 is 4.74 Å². The molecule has 5 nitrogen and oxygen atoms in total. The Labute approximate surface area is 158 Å². The standard InChI is InChI=1S/C22H25NO4/c1-12(24)14-11-20-6-7-22(14,26-3)19-21(20)8-9-23(2)16(20)10-13-4-5-15(25)18(27-19)17(13)21/h4-7,14,16,19,25H,8-11H2,1-3H3/t14-,16-,19-,20-,21+,22+/m1/s1. The molecule has 0 amide bonds. The van der Waals surface area contributed by atoms with Crippen molar-refractivity contribution >= 4 is 5.78 Å². The molecule has 0 radical (unpaired) electrons. The van der Waals surface area contributed by atoms with E-state index in [4.69, 9.17) is 9.47 Å². The van der Waals surface area contributed by atoms with Crippen molar-refractivity contribution in [3.63, 3.8) is 0 Å². The van der Waals surface area contributed by atoms with E-state index in [1.165, 1.54) is 11.1 Å². The number of piperidine rings is 1. The summed E-state index contributed by atoms with van der Waals surface area (Å²) in [7, 11) is 3.89. The smallest absolute Gasteiger partial charge is 0.165 e. The van der Waals surface area contributed by atoms with Crippen molar-refractivity contribution < 1.29 is 19.4 Å². The molecule has 2 aliphatic heterocycles. The zero-order chi connectivity index (χ0) is 18.8. The quantitative estimate of drug-likeness (QED) is 0.812. The number of rotatable bonds is 2. The fourth-order valence-corrected chi connectivity index (χ4v) is 7.52. The summed E-state index contributed by atoms with van der Waals surface area (Å²) in [6.07, 6.45) is 6.85. The van der Waals surface area contributed by atoms with Gasteiger partial charge in [0.2, 0.25) is 0 Å². The number of aromatic hydroxyl groups is 1. The number of phenolic OH excluding ortho intramolecular Hbond substituents is 1. The number of benzene rings is 1. The van der Waals surface area contributed by atoms with E-state index >= 15 is 0 Å². The largest absolute Gasteiger partial charge is 0.504 e. The third-order valence-electron chi connectivity index (χ3n) is 8.56. The predicted molar refractivity (Wildman–Crippen MR) is 99.0 cm³/mol. The molecule has 7 rings (SSSR count). The number of ether oxygens (including phenoxy) is 2. The van der Waals surface area contributed by atoms with E-state index in [1.807, 2.05) is 0 Å². The minimum absolute atomic E-state index is 0.158. The third-order valence-corrected chi connectivity index (χ3v) is 8.56. The highest BCUT2D eigenvalue weighted by molar-refractivity contribution is 5.82. The lowest BCUT2D eigenvalue weighted by molar-refractivity contribution is -0.212. The summed E-state index contributed by atoms with van der Waals surface area (Å²) < 4.78 is 12.7. The molecule has 142 valence electrons. The first-order chi connectivity index (χ1) is 12.9. The number of carbonyl (C=O) groups is 1. The predicted octanol–water partition coefficient (Wildman–Crippen LogP) is 2.20. The number of ketones is 1. The van der Waals surface area contributed by atoms with Crippen molar-refractivity contribution in [1.82, 2.24) is 4.90 Å². The molecule has 4 bridgehead atoms. The average Bonchev–Trinajstić information content (AvgIpc) is 3.03. The minimum Gasteiger partial charge on any atom is -0.504 e. The second-order valence-corrected chi connectivity index (χ2v) is 9.17. The van der Waals surface area contributed by atoms with Gasteiger partial charge in [0.05, 0.1) is 11.3 Å². The Morgan fingerprint density at radius 2 is 2.19 bits per heavy atom. The molecule has 5 heteroatoms. The molecule has 1 aromatic carbocycles. The van der Waals surface area contributed by atoms with E-state index in [2.05, 4.69) is 30.2 Å².